The third kappa shape index (κ3) is 8.40. The van der Waals surface area contributed by atoms with E-state index in [9.17, 15) is 32.9 Å². The van der Waals surface area contributed by atoms with Crippen LogP contribution in [-0.2, 0) is 14.8 Å². The van der Waals surface area contributed by atoms with Gasteiger partial charge in [-0.15, -0.1) is 0 Å². The Morgan fingerprint density at radius 1 is 1.26 bits per heavy atom. The number of aliphatic hydroxyl groups is 2. The fourth-order valence-electron chi connectivity index (χ4n) is 2.82. The Kier molecular flexibility index (Phi) is 8.00. The Hall–Kier alpha value is -1.89. The fourth-order valence-corrected chi connectivity index (χ4v) is 3.19. The minimum atomic E-state index is -4.01. The molecule has 0 aliphatic carbocycles. The number of sulfonamides is 1. The summed E-state index contributed by atoms with van der Waals surface area (Å²) >= 11 is 0. The molecular weight excluding hydrogens is 476 g/mol. The zero-order valence-corrected chi connectivity index (χ0v) is 21.6. The second-order valence-electron chi connectivity index (χ2n) is 7.23. The summed E-state index contributed by atoms with van der Waals surface area (Å²) in [6.07, 6.45) is -1.30. The number of anilines is 1. The minimum Gasteiger partial charge on any atom is -0.550 e. The molecular formula is C22H27FN3NaO6S. The number of aliphatic carboxylic acids is 1. The van der Waals surface area contributed by atoms with Crippen molar-refractivity contribution in [3.05, 3.63) is 47.4 Å². The predicted molar refractivity (Wildman–Crippen MR) is 120 cm³/mol. The van der Waals surface area contributed by atoms with E-state index in [1.807, 2.05) is 0 Å². The van der Waals surface area contributed by atoms with E-state index in [1.165, 1.54) is 12.1 Å². The van der Waals surface area contributed by atoms with Crippen LogP contribution in [0.3, 0.4) is 0 Å². The second-order valence-corrected chi connectivity index (χ2v) is 9.25. The van der Waals surface area contributed by atoms with Crippen molar-refractivity contribution in [1.29, 1.82) is 0 Å². The van der Waals surface area contributed by atoms with E-state index in [2.05, 4.69) is 9.97 Å². The first kappa shape index (κ1) is 21.4. The van der Waals surface area contributed by atoms with Gasteiger partial charge < -0.3 is 20.1 Å². The van der Waals surface area contributed by atoms with Gasteiger partial charge in [0.25, 0.3) is 0 Å². The van der Waals surface area contributed by atoms with Gasteiger partial charge in [0.15, 0.2) is 0 Å². The number of carboxylic acids is 1. The van der Waals surface area contributed by atoms with Gasteiger partial charge in [-0.3, -0.25) is 0 Å². The summed E-state index contributed by atoms with van der Waals surface area (Å²) in [6, 6.07) is 4.56. The molecule has 2 N–H and O–H groups in total. The quantitative estimate of drug-likeness (QED) is 0.353. The van der Waals surface area contributed by atoms with E-state index >= 15 is 0 Å². The van der Waals surface area contributed by atoms with Crippen LogP contribution in [0.15, 0.2) is 30.3 Å². The standard InChI is InChI=1S/C22H28FN3O6S.Na/c1-13(2)20-18(10-9-16(27)11-17(28)12-19(29)30)21(14-5-7-15(23)8-6-14)25-22(24-20)26(3)33(4,31)32;/h5-10,13,16-17,27-28H,11-12H2,1-4H3,(H,29,30);/q;+1/p-1/b10-9+;/t16-,17-;/m1./s1/i1D3,2D3;. The average Bonchev–Trinajstić information content (AvgIpc) is 2.74. The van der Waals surface area contributed by atoms with Gasteiger partial charge in [-0.1, -0.05) is 25.9 Å². The summed E-state index contributed by atoms with van der Waals surface area (Å²) in [5.41, 5.74) is -0.890. The molecule has 12 heteroatoms. The molecule has 1 heterocycles. The number of hydrogen-bond acceptors (Lipinski definition) is 8. The molecule has 2 atom stereocenters. The van der Waals surface area contributed by atoms with Crippen LogP contribution in [0.5, 0.6) is 0 Å². The number of rotatable bonds is 10. The molecule has 0 bridgehead atoms. The van der Waals surface area contributed by atoms with Crippen LogP contribution in [0.4, 0.5) is 10.3 Å². The molecule has 2 aromatic rings. The molecule has 0 saturated carbocycles. The normalized spacial score (nSPS) is 16.9. The van der Waals surface area contributed by atoms with Gasteiger partial charge >= 0.3 is 29.6 Å². The fraction of sp³-hybridized carbons (Fsp3) is 0.409. The van der Waals surface area contributed by atoms with Crippen molar-refractivity contribution in [3.8, 4) is 11.3 Å². The van der Waals surface area contributed by atoms with Crippen LogP contribution in [0.25, 0.3) is 17.3 Å². The number of aromatic nitrogens is 2. The molecule has 0 aliphatic rings. The van der Waals surface area contributed by atoms with E-state index < -0.39 is 78.1 Å². The molecule has 0 saturated heterocycles. The monoisotopic (exact) mass is 509 g/mol. The molecule has 0 unspecified atom stereocenters. The van der Waals surface area contributed by atoms with Crippen LogP contribution >= 0.6 is 0 Å². The number of halogens is 1. The number of carbonyl (C=O) groups excluding carboxylic acids is 1. The van der Waals surface area contributed by atoms with E-state index in [1.54, 1.807) is 0 Å². The molecule has 2 rings (SSSR count). The van der Waals surface area contributed by atoms with Gasteiger partial charge in [0, 0.05) is 45.2 Å². The third-order valence-corrected chi connectivity index (χ3v) is 5.69. The van der Waals surface area contributed by atoms with Crippen LogP contribution in [0.1, 0.15) is 51.9 Å². The number of hydrogen-bond donors (Lipinski definition) is 2. The van der Waals surface area contributed by atoms with E-state index in [0.717, 1.165) is 37.6 Å². The van der Waals surface area contributed by atoms with Crippen LogP contribution in [0.2, 0.25) is 0 Å². The number of benzene rings is 1. The van der Waals surface area contributed by atoms with Crippen molar-refractivity contribution in [3.63, 3.8) is 0 Å². The van der Waals surface area contributed by atoms with E-state index in [-0.39, 0.29) is 46.4 Å². The Bertz CT molecular complexity index is 1310. The van der Waals surface area contributed by atoms with Gasteiger partial charge in [0.1, 0.15) is 5.82 Å². The summed E-state index contributed by atoms with van der Waals surface area (Å²) in [5, 5.41) is 30.8. The van der Waals surface area contributed by atoms with Crippen LogP contribution in [0, 0.1) is 5.82 Å². The van der Waals surface area contributed by atoms with E-state index in [0.29, 0.717) is 4.31 Å². The molecule has 0 fully saturated rings. The molecule has 0 spiro atoms. The van der Waals surface area contributed by atoms with Gasteiger partial charge in [-0.05, 0) is 30.2 Å². The Morgan fingerprint density at radius 2 is 1.88 bits per heavy atom. The van der Waals surface area contributed by atoms with Gasteiger partial charge in [-0.25, -0.2) is 27.1 Å². The third-order valence-electron chi connectivity index (χ3n) is 4.53. The summed E-state index contributed by atoms with van der Waals surface area (Å²) < 4.78 is 86.3. The Labute approximate surface area is 229 Å². The number of carbonyl (C=O) groups is 1. The maximum atomic E-state index is 13.7. The van der Waals surface area contributed by atoms with Crippen molar-refractivity contribution in [2.24, 2.45) is 0 Å². The molecule has 34 heavy (non-hydrogen) atoms. The molecule has 1 aromatic carbocycles. The topological polar surface area (TPSA) is 144 Å². The number of nitrogens with zero attached hydrogens (tertiary/aromatic N) is 3. The summed E-state index contributed by atoms with van der Waals surface area (Å²) in [4.78, 5) is 18.9. The molecule has 1 aromatic heterocycles. The van der Waals surface area contributed by atoms with Crippen molar-refractivity contribution in [1.82, 2.24) is 9.97 Å². The smallest absolute Gasteiger partial charge is 0.550 e. The van der Waals surface area contributed by atoms with Gasteiger partial charge in [0.05, 0.1) is 29.9 Å². The van der Waals surface area contributed by atoms with Crippen molar-refractivity contribution in [2.75, 3.05) is 17.6 Å². The first-order valence-electron chi connectivity index (χ1n) is 12.6. The average molecular weight is 510 g/mol. The van der Waals surface area contributed by atoms with Crippen LogP contribution in [-0.4, -0.2) is 60.1 Å². The number of carboxylic acid groups (broad SMARTS) is 1. The minimum absolute atomic E-state index is 0. The summed E-state index contributed by atoms with van der Waals surface area (Å²) in [7, 11) is -2.94. The zero-order chi connectivity index (χ0) is 29.9. The SMILES string of the molecule is [2H]C([2H])([2H])C(c1nc(N(C)S(C)(=O)=O)nc(-c2ccc(F)cc2)c1/C=C/[C@@H](O)C[C@@H](O)CC(=O)[O-])C([2H])([2H])[2H].[Na+]. The van der Waals surface area contributed by atoms with Crippen LogP contribution < -0.4 is 39.0 Å². The first-order chi connectivity index (χ1) is 17.7. The second kappa shape index (κ2) is 12.7. The zero-order valence-electron chi connectivity index (χ0n) is 24.8. The molecule has 0 aliphatic heterocycles. The predicted octanol–water partition coefficient (Wildman–Crippen LogP) is -1.93. The molecule has 9 nitrogen and oxygen atoms in total. The van der Waals surface area contributed by atoms with Crippen molar-refractivity contribution in [2.45, 2.75) is 44.7 Å². The number of aliphatic hydroxyl groups excluding tert-OH is 2. The Morgan fingerprint density at radius 3 is 2.41 bits per heavy atom. The molecule has 0 radical (unpaired) electrons. The Balaban J connectivity index is 0.00000800. The maximum Gasteiger partial charge on any atom is 1.00 e. The maximum absolute atomic E-state index is 13.7. The van der Waals surface area contributed by atoms with Crippen molar-refractivity contribution < 1.29 is 70.7 Å². The summed E-state index contributed by atoms with van der Waals surface area (Å²) in [6.45, 7) is -6.35. The molecule has 0 amide bonds. The largest absolute Gasteiger partial charge is 1.00 e. The van der Waals surface area contributed by atoms with Crippen molar-refractivity contribution >= 4 is 28.0 Å². The summed E-state index contributed by atoms with van der Waals surface area (Å²) in [5.74, 6) is -5.01. The first-order valence-corrected chi connectivity index (χ1v) is 11.4. The van der Waals surface area contributed by atoms with E-state index in [4.69, 9.17) is 8.22 Å². The van der Waals surface area contributed by atoms with Gasteiger partial charge in [-0.2, -0.15) is 0 Å². The van der Waals surface area contributed by atoms with Gasteiger partial charge in [0.2, 0.25) is 16.0 Å². The molecule has 180 valence electrons.